The Labute approximate surface area is 122 Å². The van der Waals surface area contributed by atoms with Crippen molar-refractivity contribution in [2.24, 2.45) is 0 Å². The quantitative estimate of drug-likeness (QED) is 0.690. The van der Waals surface area contributed by atoms with Crippen LogP contribution in [0.3, 0.4) is 0 Å². The third-order valence-corrected chi connectivity index (χ3v) is 5.10. The molecule has 7 heteroatoms. The van der Waals surface area contributed by atoms with E-state index >= 15 is 0 Å². The Bertz CT molecular complexity index is 755. The van der Waals surface area contributed by atoms with Crippen LogP contribution >= 0.6 is 34.4 Å². The SMILES string of the molecule is Cc1nc2c(SCC#N)nnc(-c3cccs3)c2s1. The second kappa shape index (κ2) is 5.25. The van der Waals surface area contributed by atoms with Gasteiger partial charge in [-0.25, -0.2) is 4.98 Å². The molecule has 3 aromatic rings. The fourth-order valence-corrected chi connectivity index (χ4v) is 4.04. The van der Waals surface area contributed by atoms with Crippen molar-refractivity contribution in [3.63, 3.8) is 0 Å². The summed E-state index contributed by atoms with van der Waals surface area (Å²) in [5.41, 5.74) is 1.75. The number of fused-ring (bicyclic) bond motifs is 1. The molecule has 94 valence electrons. The maximum atomic E-state index is 8.67. The molecule has 0 unspecified atom stereocenters. The summed E-state index contributed by atoms with van der Waals surface area (Å²) in [4.78, 5) is 5.62. The molecule has 3 rings (SSSR count). The van der Waals surface area contributed by atoms with Gasteiger partial charge in [0, 0.05) is 0 Å². The number of rotatable bonds is 3. The summed E-state index contributed by atoms with van der Waals surface area (Å²) in [6.07, 6.45) is 0. The molecular weight excluding hydrogens is 296 g/mol. The predicted molar refractivity (Wildman–Crippen MR) is 79.6 cm³/mol. The molecule has 4 nitrogen and oxygen atoms in total. The third kappa shape index (κ3) is 2.34. The van der Waals surface area contributed by atoms with Gasteiger partial charge in [0.1, 0.15) is 16.2 Å². The van der Waals surface area contributed by atoms with Gasteiger partial charge < -0.3 is 0 Å². The number of aryl methyl sites for hydroxylation is 1. The van der Waals surface area contributed by atoms with E-state index < -0.39 is 0 Å². The van der Waals surface area contributed by atoms with Crippen LogP contribution in [0.2, 0.25) is 0 Å². The van der Waals surface area contributed by atoms with Crippen molar-refractivity contribution >= 4 is 44.7 Å². The Hall–Kier alpha value is -1.49. The van der Waals surface area contributed by atoms with E-state index in [9.17, 15) is 0 Å². The Balaban J connectivity index is 2.19. The molecule has 0 amide bonds. The zero-order valence-electron chi connectivity index (χ0n) is 9.95. The summed E-state index contributed by atoms with van der Waals surface area (Å²) < 4.78 is 1.05. The summed E-state index contributed by atoms with van der Waals surface area (Å²) >= 11 is 4.64. The molecule has 0 atom stereocenters. The van der Waals surface area contributed by atoms with E-state index in [0.717, 1.165) is 30.8 Å². The van der Waals surface area contributed by atoms with Crippen LogP contribution in [0.15, 0.2) is 22.5 Å². The van der Waals surface area contributed by atoms with Crippen LogP contribution in [0, 0.1) is 18.3 Å². The first-order chi connectivity index (χ1) is 9.29. The average molecular weight is 304 g/mol. The minimum Gasteiger partial charge on any atom is -0.238 e. The van der Waals surface area contributed by atoms with E-state index in [4.69, 9.17) is 5.26 Å². The largest absolute Gasteiger partial charge is 0.238 e. The molecule has 0 fully saturated rings. The van der Waals surface area contributed by atoms with Gasteiger partial charge in [-0.15, -0.1) is 32.9 Å². The predicted octanol–water partition coefficient (Wildman–Crippen LogP) is 3.74. The van der Waals surface area contributed by atoms with Gasteiger partial charge in [-0.2, -0.15) is 5.26 Å². The second-order valence-electron chi connectivity index (χ2n) is 3.69. The van der Waals surface area contributed by atoms with Gasteiger partial charge >= 0.3 is 0 Å². The van der Waals surface area contributed by atoms with Crippen LogP contribution in [-0.2, 0) is 0 Å². The molecule has 0 saturated heterocycles. The summed E-state index contributed by atoms with van der Waals surface area (Å²) in [6, 6.07) is 6.14. The molecule has 0 aromatic carbocycles. The fraction of sp³-hybridized carbons (Fsp3) is 0.167. The topological polar surface area (TPSA) is 62.5 Å². The molecule has 0 saturated carbocycles. The standard InChI is InChI=1S/C12H8N4S3/c1-7-14-10-11(19-7)9(8-3-2-5-17-8)15-16-12(10)18-6-4-13/h2-3,5H,6H2,1H3. The second-order valence-corrected chi connectivity index (χ2v) is 6.80. The Morgan fingerprint density at radius 3 is 3.05 bits per heavy atom. The zero-order valence-corrected chi connectivity index (χ0v) is 12.4. The van der Waals surface area contributed by atoms with Crippen molar-refractivity contribution in [3.8, 4) is 16.6 Å². The average Bonchev–Trinajstić information content (AvgIpc) is 3.04. The number of thioether (sulfide) groups is 1. The first-order valence-corrected chi connectivity index (χ1v) is 8.15. The lowest BCUT2D eigenvalue weighted by Gasteiger charge is -2.01. The highest BCUT2D eigenvalue weighted by Gasteiger charge is 2.16. The Morgan fingerprint density at radius 1 is 1.42 bits per heavy atom. The summed E-state index contributed by atoms with van der Waals surface area (Å²) in [5.74, 6) is 0.360. The lowest BCUT2D eigenvalue weighted by atomic mass is 10.3. The normalized spacial score (nSPS) is 10.7. The van der Waals surface area contributed by atoms with Crippen LogP contribution < -0.4 is 0 Å². The summed E-state index contributed by atoms with van der Waals surface area (Å²) in [7, 11) is 0. The highest BCUT2D eigenvalue weighted by atomic mass is 32.2. The van der Waals surface area contributed by atoms with Crippen LogP contribution in [0.25, 0.3) is 20.8 Å². The molecule has 0 N–H and O–H groups in total. The van der Waals surface area contributed by atoms with E-state index in [0.29, 0.717) is 5.75 Å². The van der Waals surface area contributed by atoms with Gasteiger partial charge in [-0.3, -0.25) is 0 Å². The fourth-order valence-electron chi connectivity index (χ4n) is 1.69. The van der Waals surface area contributed by atoms with Crippen LogP contribution in [0.4, 0.5) is 0 Å². The molecule has 19 heavy (non-hydrogen) atoms. The Kier molecular flexibility index (Phi) is 3.46. The van der Waals surface area contributed by atoms with E-state index in [1.807, 2.05) is 24.4 Å². The number of hydrogen-bond donors (Lipinski definition) is 0. The van der Waals surface area contributed by atoms with Gasteiger partial charge in [0.2, 0.25) is 0 Å². The molecule has 0 radical (unpaired) electrons. The Morgan fingerprint density at radius 2 is 2.32 bits per heavy atom. The van der Waals surface area contributed by atoms with Crippen molar-refractivity contribution in [2.75, 3.05) is 5.75 Å². The molecule has 0 bridgehead atoms. The van der Waals surface area contributed by atoms with Gasteiger partial charge in [-0.1, -0.05) is 17.8 Å². The van der Waals surface area contributed by atoms with E-state index in [-0.39, 0.29) is 0 Å². The minimum absolute atomic E-state index is 0.360. The first-order valence-electron chi connectivity index (χ1n) is 5.47. The highest BCUT2D eigenvalue weighted by Crippen LogP contribution is 2.36. The minimum atomic E-state index is 0.360. The van der Waals surface area contributed by atoms with Crippen molar-refractivity contribution in [2.45, 2.75) is 11.9 Å². The molecule has 0 aliphatic heterocycles. The van der Waals surface area contributed by atoms with E-state index in [2.05, 4.69) is 21.3 Å². The van der Waals surface area contributed by atoms with E-state index in [1.54, 1.807) is 22.7 Å². The number of nitrogens with zero attached hydrogens (tertiary/aromatic N) is 4. The first kappa shape index (κ1) is 12.5. The number of hydrogen-bond acceptors (Lipinski definition) is 7. The number of thiophene rings is 1. The van der Waals surface area contributed by atoms with Crippen molar-refractivity contribution in [3.05, 3.63) is 22.5 Å². The molecular formula is C12H8N4S3. The smallest absolute Gasteiger partial charge is 0.147 e. The zero-order chi connectivity index (χ0) is 13.2. The number of thiazole rings is 1. The summed E-state index contributed by atoms with van der Waals surface area (Å²) in [6.45, 7) is 1.97. The molecule has 0 aliphatic rings. The van der Waals surface area contributed by atoms with Crippen molar-refractivity contribution in [1.29, 1.82) is 5.26 Å². The van der Waals surface area contributed by atoms with Gasteiger partial charge in [0.15, 0.2) is 0 Å². The lowest BCUT2D eigenvalue weighted by Crippen LogP contribution is -1.91. The highest BCUT2D eigenvalue weighted by molar-refractivity contribution is 7.99. The number of aromatic nitrogens is 3. The third-order valence-electron chi connectivity index (χ3n) is 2.42. The van der Waals surface area contributed by atoms with Gasteiger partial charge in [-0.05, 0) is 18.4 Å². The van der Waals surface area contributed by atoms with Gasteiger partial charge in [0.05, 0.1) is 26.4 Å². The van der Waals surface area contributed by atoms with Crippen molar-refractivity contribution < 1.29 is 0 Å². The van der Waals surface area contributed by atoms with E-state index in [1.165, 1.54) is 11.8 Å². The molecule has 3 heterocycles. The van der Waals surface area contributed by atoms with Gasteiger partial charge in [0.25, 0.3) is 0 Å². The van der Waals surface area contributed by atoms with Crippen LogP contribution in [0.1, 0.15) is 5.01 Å². The molecule has 3 aromatic heterocycles. The van der Waals surface area contributed by atoms with Crippen LogP contribution in [0.5, 0.6) is 0 Å². The maximum absolute atomic E-state index is 8.67. The molecule has 0 spiro atoms. The lowest BCUT2D eigenvalue weighted by molar-refractivity contribution is 0.958. The summed E-state index contributed by atoms with van der Waals surface area (Å²) in [5, 5.41) is 21.0. The van der Waals surface area contributed by atoms with Crippen molar-refractivity contribution in [1.82, 2.24) is 15.2 Å². The molecule has 0 aliphatic carbocycles. The van der Waals surface area contributed by atoms with Crippen LogP contribution in [-0.4, -0.2) is 20.9 Å². The maximum Gasteiger partial charge on any atom is 0.147 e. The number of nitriles is 1. The monoisotopic (exact) mass is 304 g/mol.